The fourth-order valence-electron chi connectivity index (χ4n) is 4.39. The molecule has 0 bridgehead atoms. The molecule has 0 spiro atoms. The molecular formula is C23H26N6S. The molecule has 2 N–H and O–H groups in total. The predicted octanol–water partition coefficient (Wildman–Crippen LogP) is 3.97. The molecule has 1 saturated heterocycles. The summed E-state index contributed by atoms with van der Waals surface area (Å²) in [5.74, 6) is 1.81. The van der Waals surface area contributed by atoms with Crippen LogP contribution in [0.25, 0.3) is 0 Å². The molecule has 1 aromatic carbocycles. The number of benzene rings is 1. The summed E-state index contributed by atoms with van der Waals surface area (Å²) in [6.07, 6.45) is 7.58. The van der Waals surface area contributed by atoms with Gasteiger partial charge in [0, 0.05) is 23.5 Å². The largest absolute Gasteiger partial charge is 0.360 e. The van der Waals surface area contributed by atoms with E-state index in [4.69, 9.17) is 15.7 Å². The molecule has 0 amide bonds. The van der Waals surface area contributed by atoms with Gasteiger partial charge in [0.2, 0.25) is 0 Å². The van der Waals surface area contributed by atoms with Crippen molar-refractivity contribution in [2.24, 2.45) is 10.7 Å². The number of nitriles is 1. The molecule has 2 fully saturated rings. The van der Waals surface area contributed by atoms with E-state index in [1.54, 1.807) is 18.0 Å². The molecule has 7 heteroatoms. The number of amidine groups is 1. The zero-order valence-corrected chi connectivity index (χ0v) is 18.1. The van der Waals surface area contributed by atoms with Crippen molar-refractivity contribution in [2.75, 3.05) is 13.1 Å². The zero-order chi connectivity index (χ0) is 20.8. The van der Waals surface area contributed by atoms with Gasteiger partial charge in [0.05, 0.1) is 29.8 Å². The number of aromatic nitrogens is 2. The highest BCUT2D eigenvalue weighted by Crippen LogP contribution is 2.43. The van der Waals surface area contributed by atoms with E-state index in [2.05, 4.69) is 47.1 Å². The van der Waals surface area contributed by atoms with Crippen molar-refractivity contribution in [1.29, 1.82) is 5.26 Å². The van der Waals surface area contributed by atoms with Crippen LogP contribution in [0.4, 0.5) is 5.82 Å². The van der Waals surface area contributed by atoms with Crippen LogP contribution in [0.1, 0.15) is 50.3 Å². The Balaban J connectivity index is 1.25. The molecule has 6 nitrogen and oxygen atoms in total. The van der Waals surface area contributed by atoms with Crippen molar-refractivity contribution in [2.45, 2.75) is 66.3 Å². The minimum atomic E-state index is -0.264. The third-order valence-corrected chi connectivity index (χ3v) is 7.60. The number of hydrogen-bond acceptors (Lipinski definition) is 7. The average Bonchev–Trinajstić information content (AvgIpc) is 3.12. The van der Waals surface area contributed by atoms with Gasteiger partial charge in [-0.05, 0) is 56.7 Å². The molecule has 30 heavy (non-hydrogen) atoms. The quantitative estimate of drug-likeness (QED) is 0.811. The Labute approximate surface area is 181 Å². The lowest BCUT2D eigenvalue weighted by atomic mass is 9.66. The van der Waals surface area contributed by atoms with Gasteiger partial charge in [-0.1, -0.05) is 23.9 Å². The van der Waals surface area contributed by atoms with Crippen LogP contribution in [0.3, 0.4) is 0 Å². The van der Waals surface area contributed by atoms with E-state index >= 15 is 0 Å². The highest BCUT2D eigenvalue weighted by molar-refractivity contribution is 7.99. The first-order valence-corrected chi connectivity index (χ1v) is 11.5. The van der Waals surface area contributed by atoms with E-state index < -0.39 is 0 Å². The van der Waals surface area contributed by atoms with Gasteiger partial charge in [-0.25, -0.2) is 15.0 Å². The smallest absolute Gasteiger partial charge is 0.176 e. The topological polar surface area (TPSA) is 91.2 Å². The van der Waals surface area contributed by atoms with Crippen LogP contribution < -0.4 is 5.73 Å². The number of hydrogen-bond donors (Lipinski definition) is 1. The van der Waals surface area contributed by atoms with Crippen LogP contribution in [-0.2, 0) is 11.8 Å². The van der Waals surface area contributed by atoms with E-state index in [0.29, 0.717) is 0 Å². The number of aliphatic imine (C=N–C) groups is 1. The van der Waals surface area contributed by atoms with Gasteiger partial charge in [0.1, 0.15) is 10.9 Å². The van der Waals surface area contributed by atoms with Crippen LogP contribution in [0.15, 0.2) is 45.4 Å². The molecule has 5 rings (SSSR count). The predicted molar refractivity (Wildman–Crippen MR) is 118 cm³/mol. The van der Waals surface area contributed by atoms with Gasteiger partial charge in [0.15, 0.2) is 5.82 Å². The molecule has 3 heterocycles. The Morgan fingerprint density at radius 3 is 2.50 bits per heavy atom. The molecule has 0 unspecified atom stereocenters. The first kappa shape index (κ1) is 19.5. The lowest BCUT2D eigenvalue weighted by Gasteiger charge is -2.37. The zero-order valence-electron chi connectivity index (χ0n) is 17.3. The van der Waals surface area contributed by atoms with Crippen molar-refractivity contribution >= 4 is 23.4 Å². The van der Waals surface area contributed by atoms with Crippen LogP contribution >= 0.6 is 11.8 Å². The molecule has 3 aliphatic rings. The number of likely N-dealkylation sites (tertiary alicyclic amines) is 1. The third-order valence-electron chi connectivity index (χ3n) is 6.68. The first-order chi connectivity index (χ1) is 14.5. The Morgan fingerprint density at radius 2 is 1.87 bits per heavy atom. The number of piperidine rings is 1. The summed E-state index contributed by atoms with van der Waals surface area (Å²) in [7, 11) is 0. The molecule has 2 aliphatic heterocycles. The van der Waals surface area contributed by atoms with Gasteiger partial charge in [-0.2, -0.15) is 5.26 Å². The SMILES string of the molecule is CC1(N)CCN(C2=Nc3ncc(Sc4ccc(C5(C#N)CCC5)cc4)nc3C2)CC1. The fourth-order valence-corrected chi connectivity index (χ4v) is 5.17. The van der Waals surface area contributed by atoms with Crippen LogP contribution in [-0.4, -0.2) is 39.3 Å². The summed E-state index contributed by atoms with van der Waals surface area (Å²) in [5.41, 5.74) is 8.01. The number of nitrogens with zero attached hydrogens (tertiary/aromatic N) is 5. The van der Waals surface area contributed by atoms with Gasteiger partial charge in [0.25, 0.3) is 0 Å². The fraction of sp³-hybridized carbons (Fsp3) is 0.478. The van der Waals surface area contributed by atoms with E-state index in [1.165, 1.54) is 0 Å². The summed E-state index contributed by atoms with van der Waals surface area (Å²) in [5, 5.41) is 10.4. The Hall–Kier alpha value is -2.43. The van der Waals surface area contributed by atoms with Crippen LogP contribution in [0, 0.1) is 11.3 Å². The molecule has 1 aromatic heterocycles. The van der Waals surface area contributed by atoms with Gasteiger partial charge >= 0.3 is 0 Å². The van der Waals surface area contributed by atoms with E-state index in [9.17, 15) is 5.26 Å². The Morgan fingerprint density at radius 1 is 1.13 bits per heavy atom. The summed E-state index contributed by atoms with van der Waals surface area (Å²) in [6.45, 7) is 4.01. The Kier molecular flexibility index (Phi) is 4.79. The average molecular weight is 419 g/mol. The van der Waals surface area contributed by atoms with Gasteiger partial charge in [-0.15, -0.1) is 0 Å². The van der Waals surface area contributed by atoms with Crippen molar-refractivity contribution in [3.8, 4) is 6.07 Å². The maximum atomic E-state index is 9.53. The summed E-state index contributed by atoms with van der Waals surface area (Å²) < 4.78 is 0. The maximum Gasteiger partial charge on any atom is 0.176 e. The normalized spacial score (nSPS) is 21.4. The summed E-state index contributed by atoms with van der Waals surface area (Å²) in [6, 6.07) is 10.9. The molecule has 0 radical (unpaired) electrons. The number of fused-ring (bicyclic) bond motifs is 1. The molecule has 2 aromatic rings. The van der Waals surface area contributed by atoms with E-state index in [0.717, 1.165) is 84.4 Å². The first-order valence-electron chi connectivity index (χ1n) is 10.6. The van der Waals surface area contributed by atoms with Crippen molar-refractivity contribution in [3.63, 3.8) is 0 Å². The Bertz CT molecular complexity index is 1020. The van der Waals surface area contributed by atoms with E-state index in [-0.39, 0.29) is 11.0 Å². The monoisotopic (exact) mass is 418 g/mol. The number of rotatable bonds is 3. The second kappa shape index (κ2) is 7.36. The van der Waals surface area contributed by atoms with Crippen molar-refractivity contribution < 1.29 is 0 Å². The maximum absolute atomic E-state index is 9.53. The molecule has 1 aliphatic carbocycles. The highest BCUT2D eigenvalue weighted by atomic mass is 32.2. The molecular weight excluding hydrogens is 392 g/mol. The number of nitrogens with two attached hydrogens (primary N) is 1. The molecule has 1 saturated carbocycles. The van der Waals surface area contributed by atoms with Crippen LogP contribution in [0.2, 0.25) is 0 Å². The van der Waals surface area contributed by atoms with E-state index in [1.807, 2.05) is 0 Å². The summed E-state index contributed by atoms with van der Waals surface area (Å²) >= 11 is 1.61. The molecule has 0 atom stereocenters. The third kappa shape index (κ3) is 3.59. The highest BCUT2D eigenvalue weighted by Gasteiger charge is 2.38. The van der Waals surface area contributed by atoms with Crippen molar-refractivity contribution in [3.05, 3.63) is 41.7 Å². The van der Waals surface area contributed by atoms with Crippen LogP contribution in [0.5, 0.6) is 0 Å². The van der Waals surface area contributed by atoms with Gasteiger partial charge < -0.3 is 10.6 Å². The minimum Gasteiger partial charge on any atom is -0.360 e. The summed E-state index contributed by atoms with van der Waals surface area (Å²) in [4.78, 5) is 17.5. The van der Waals surface area contributed by atoms with Gasteiger partial charge in [-0.3, -0.25) is 0 Å². The second-order valence-electron chi connectivity index (χ2n) is 9.00. The minimum absolute atomic E-state index is 0.0656. The molecule has 154 valence electrons. The second-order valence-corrected chi connectivity index (χ2v) is 10.1. The van der Waals surface area contributed by atoms with Crippen molar-refractivity contribution in [1.82, 2.24) is 14.9 Å². The standard InChI is InChI=1S/C23H26N6S/c1-22(25)9-11-29(12-10-22)19-13-18-21(28-19)26-14-20(27-18)30-17-5-3-16(4-6-17)23(15-24)7-2-8-23/h3-6,14H,2,7-13,25H2,1H3. The lowest BCUT2D eigenvalue weighted by Crippen LogP contribution is -2.49. The lowest BCUT2D eigenvalue weighted by molar-refractivity contribution is 0.243.